The molecule has 26 heavy (non-hydrogen) atoms. The van der Waals surface area contributed by atoms with E-state index < -0.39 is 17.8 Å². The van der Waals surface area contributed by atoms with E-state index in [1.807, 2.05) is 0 Å². The number of H-pyrrole nitrogens is 1. The number of alkyl halides is 3. The summed E-state index contributed by atoms with van der Waals surface area (Å²) in [5.74, 6) is 0.581. The smallest absolute Gasteiger partial charge is 0.416 e. The van der Waals surface area contributed by atoms with E-state index in [0.717, 1.165) is 12.1 Å². The van der Waals surface area contributed by atoms with Gasteiger partial charge in [0.2, 0.25) is 11.8 Å². The predicted octanol–water partition coefficient (Wildman–Crippen LogP) is 3.05. The quantitative estimate of drug-likeness (QED) is 0.643. The van der Waals surface area contributed by atoms with Crippen molar-refractivity contribution in [1.82, 2.24) is 20.2 Å². The van der Waals surface area contributed by atoms with Crippen LogP contribution in [-0.2, 0) is 6.18 Å². The van der Waals surface area contributed by atoms with Gasteiger partial charge in [-0.05, 0) is 23.8 Å². The Labute approximate surface area is 145 Å². The highest BCUT2D eigenvalue weighted by molar-refractivity contribution is 5.52. The Morgan fingerprint density at radius 2 is 2.04 bits per heavy atom. The molecule has 0 aliphatic heterocycles. The van der Waals surface area contributed by atoms with Crippen molar-refractivity contribution in [3.63, 3.8) is 0 Å². The summed E-state index contributed by atoms with van der Waals surface area (Å²) in [7, 11) is 1.49. The molecule has 0 saturated carbocycles. The van der Waals surface area contributed by atoms with Gasteiger partial charge in [-0.25, -0.2) is 4.98 Å². The van der Waals surface area contributed by atoms with Gasteiger partial charge < -0.3 is 15.2 Å². The Bertz CT molecular complexity index is 880. The van der Waals surface area contributed by atoms with Crippen molar-refractivity contribution in [1.29, 1.82) is 0 Å². The minimum atomic E-state index is -4.49. The van der Waals surface area contributed by atoms with Gasteiger partial charge in [0, 0.05) is 6.07 Å². The second-order valence-electron chi connectivity index (χ2n) is 5.28. The van der Waals surface area contributed by atoms with E-state index in [0.29, 0.717) is 11.6 Å². The monoisotopic (exact) mass is 365 g/mol. The molecule has 0 radical (unpaired) electrons. The molecule has 1 atom stereocenters. The van der Waals surface area contributed by atoms with Crippen molar-refractivity contribution in [2.45, 2.75) is 12.3 Å². The first-order valence-electron chi connectivity index (χ1n) is 7.41. The zero-order chi connectivity index (χ0) is 18.7. The number of aromatic amines is 1. The highest BCUT2D eigenvalue weighted by atomic mass is 19.4. The number of hydrogen-bond donors (Lipinski definition) is 3. The van der Waals surface area contributed by atoms with Gasteiger partial charge in [0.25, 0.3) is 0 Å². The van der Waals surface area contributed by atoms with Gasteiger partial charge >= 0.3 is 6.18 Å². The summed E-state index contributed by atoms with van der Waals surface area (Å²) in [5, 5.41) is 19.5. The third-order valence-electron chi connectivity index (χ3n) is 3.49. The normalized spacial score (nSPS) is 12.7. The van der Waals surface area contributed by atoms with Gasteiger partial charge in [-0.2, -0.15) is 18.2 Å². The van der Waals surface area contributed by atoms with Crippen molar-refractivity contribution in [3.8, 4) is 5.88 Å². The number of nitrogens with one attached hydrogen (secondary N) is 2. The number of rotatable bonds is 5. The fourth-order valence-electron chi connectivity index (χ4n) is 2.20. The van der Waals surface area contributed by atoms with Crippen LogP contribution >= 0.6 is 0 Å². The number of aliphatic hydroxyl groups is 1. The van der Waals surface area contributed by atoms with Gasteiger partial charge in [-0.1, -0.05) is 12.1 Å². The van der Waals surface area contributed by atoms with Gasteiger partial charge in [0.15, 0.2) is 5.82 Å². The molecule has 1 unspecified atom stereocenters. The number of hydrogen-bond acceptors (Lipinski definition) is 6. The number of ether oxygens (including phenoxy) is 1. The van der Waals surface area contributed by atoms with Crippen LogP contribution in [0, 0.1) is 0 Å². The van der Waals surface area contributed by atoms with Crippen molar-refractivity contribution in [2.75, 3.05) is 12.4 Å². The van der Waals surface area contributed by atoms with E-state index in [9.17, 15) is 18.3 Å². The number of pyridine rings is 1. The highest BCUT2D eigenvalue weighted by Gasteiger charge is 2.31. The average Bonchev–Trinajstić information content (AvgIpc) is 3.09. The molecule has 0 aliphatic rings. The first kappa shape index (κ1) is 17.7. The molecule has 7 nitrogen and oxygen atoms in total. The molecule has 0 bridgehead atoms. The fourth-order valence-corrected chi connectivity index (χ4v) is 2.20. The van der Waals surface area contributed by atoms with Crippen molar-refractivity contribution >= 4 is 11.6 Å². The molecule has 0 amide bonds. The SMILES string of the molecule is COc1ccc(Nc2n[nH]c(C(O)c3cccc(C(F)(F)F)c3)n2)cn1. The minimum absolute atomic E-state index is 0.00768. The van der Waals surface area contributed by atoms with Crippen LogP contribution < -0.4 is 10.1 Å². The standard InChI is InChI=1S/C16H14F3N5O2/c1-26-12-6-5-11(8-20-12)21-15-22-14(23-24-15)13(25)9-3-2-4-10(7-9)16(17,18)19/h2-8,13,25H,1H3,(H2,21,22,23,24). The molecule has 0 spiro atoms. The van der Waals surface area contributed by atoms with Crippen LogP contribution in [-0.4, -0.2) is 32.4 Å². The maximum Gasteiger partial charge on any atom is 0.416 e. The summed E-state index contributed by atoms with van der Waals surface area (Å²) in [6.45, 7) is 0. The molecule has 3 N–H and O–H groups in total. The molecular formula is C16H14F3N5O2. The number of nitrogens with zero attached hydrogens (tertiary/aromatic N) is 3. The maximum absolute atomic E-state index is 12.8. The molecular weight excluding hydrogens is 351 g/mol. The van der Waals surface area contributed by atoms with Gasteiger partial charge in [-0.15, -0.1) is 5.10 Å². The molecule has 3 aromatic rings. The van der Waals surface area contributed by atoms with E-state index >= 15 is 0 Å². The zero-order valence-corrected chi connectivity index (χ0v) is 13.4. The minimum Gasteiger partial charge on any atom is -0.481 e. The molecule has 10 heteroatoms. The van der Waals surface area contributed by atoms with Crippen LogP contribution in [0.15, 0.2) is 42.6 Å². The predicted molar refractivity (Wildman–Crippen MR) is 86.0 cm³/mol. The summed E-state index contributed by atoms with van der Waals surface area (Å²) >= 11 is 0. The summed E-state index contributed by atoms with van der Waals surface area (Å²) in [5.41, 5.74) is -0.227. The molecule has 2 aromatic heterocycles. The lowest BCUT2D eigenvalue weighted by Crippen LogP contribution is -2.08. The zero-order valence-electron chi connectivity index (χ0n) is 13.4. The first-order chi connectivity index (χ1) is 12.4. The van der Waals surface area contributed by atoms with E-state index in [1.54, 1.807) is 12.1 Å². The van der Waals surface area contributed by atoms with Crippen molar-refractivity contribution in [3.05, 3.63) is 59.5 Å². The fraction of sp³-hybridized carbons (Fsp3) is 0.188. The molecule has 2 heterocycles. The average molecular weight is 365 g/mol. The lowest BCUT2D eigenvalue weighted by Gasteiger charge is -2.11. The lowest BCUT2D eigenvalue weighted by molar-refractivity contribution is -0.137. The molecule has 3 rings (SSSR count). The number of halogens is 3. The number of anilines is 2. The highest BCUT2D eigenvalue weighted by Crippen LogP contribution is 2.31. The lowest BCUT2D eigenvalue weighted by atomic mass is 10.1. The molecule has 0 saturated heterocycles. The number of benzene rings is 1. The topological polar surface area (TPSA) is 96.0 Å². The second-order valence-corrected chi connectivity index (χ2v) is 5.28. The van der Waals surface area contributed by atoms with Gasteiger partial charge in [-0.3, -0.25) is 5.10 Å². The van der Waals surface area contributed by atoms with Gasteiger partial charge in [0.05, 0.1) is 24.6 Å². The first-order valence-corrected chi connectivity index (χ1v) is 7.41. The Balaban J connectivity index is 1.76. The van der Waals surface area contributed by atoms with Crippen LogP contribution in [0.5, 0.6) is 5.88 Å². The number of methoxy groups -OCH3 is 1. The second kappa shape index (κ2) is 7.00. The van der Waals surface area contributed by atoms with Gasteiger partial charge in [0.1, 0.15) is 6.10 Å². The largest absolute Gasteiger partial charge is 0.481 e. The molecule has 0 aliphatic carbocycles. The van der Waals surface area contributed by atoms with E-state index in [1.165, 1.54) is 25.4 Å². The van der Waals surface area contributed by atoms with Crippen LogP contribution in [0.2, 0.25) is 0 Å². The summed E-state index contributed by atoms with van der Waals surface area (Å²) < 4.78 is 43.3. The van der Waals surface area contributed by atoms with Crippen LogP contribution in [0.3, 0.4) is 0 Å². The molecule has 136 valence electrons. The van der Waals surface area contributed by atoms with E-state index in [4.69, 9.17) is 4.74 Å². The van der Waals surface area contributed by atoms with E-state index in [-0.39, 0.29) is 17.3 Å². The van der Waals surface area contributed by atoms with E-state index in [2.05, 4.69) is 25.5 Å². The Morgan fingerprint density at radius 3 is 2.69 bits per heavy atom. The van der Waals surface area contributed by atoms with Crippen LogP contribution in [0.25, 0.3) is 0 Å². The Kier molecular flexibility index (Phi) is 4.76. The Hall–Kier alpha value is -3.14. The third kappa shape index (κ3) is 3.91. The van der Waals surface area contributed by atoms with Crippen LogP contribution in [0.4, 0.5) is 24.8 Å². The molecule has 1 aromatic carbocycles. The summed E-state index contributed by atoms with van der Waals surface area (Å²) in [6.07, 6.45) is -4.38. The maximum atomic E-state index is 12.8. The Morgan fingerprint density at radius 1 is 1.23 bits per heavy atom. The summed E-state index contributed by atoms with van der Waals surface area (Å²) in [4.78, 5) is 8.06. The van der Waals surface area contributed by atoms with Crippen molar-refractivity contribution in [2.24, 2.45) is 0 Å². The molecule has 0 fully saturated rings. The number of aliphatic hydroxyl groups excluding tert-OH is 1. The van der Waals surface area contributed by atoms with Crippen LogP contribution in [0.1, 0.15) is 23.1 Å². The third-order valence-corrected chi connectivity index (χ3v) is 3.49. The summed E-state index contributed by atoms with van der Waals surface area (Å²) in [6, 6.07) is 7.72. The van der Waals surface area contributed by atoms with Crippen molar-refractivity contribution < 1.29 is 23.0 Å². The number of aromatic nitrogens is 4.